The Balaban J connectivity index is 2.05. The van der Waals surface area contributed by atoms with Gasteiger partial charge in [0.1, 0.15) is 18.2 Å². The molecule has 0 atom stereocenters. The highest BCUT2D eigenvalue weighted by molar-refractivity contribution is 5.47. The molecule has 4 nitrogen and oxygen atoms in total. The first-order valence-corrected chi connectivity index (χ1v) is 6.03. The number of rotatable bonds is 5. The third kappa shape index (κ3) is 2.43. The number of ether oxygens (including phenoxy) is 1. The molecule has 0 unspecified atom stereocenters. The molecule has 2 rings (SSSR count). The second-order valence-corrected chi connectivity index (χ2v) is 4.25. The maximum atomic E-state index is 5.81. The maximum absolute atomic E-state index is 5.81. The van der Waals surface area contributed by atoms with Crippen molar-refractivity contribution in [2.24, 2.45) is 0 Å². The summed E-state index contributed by atoms with van der Waals surface area (Å²) in [6, 6.07) is 0. The summed E-state index contributed by atoms with van der Waals surface area (Å²) < 4.78 is 5.81. The lowest BCUT2D eigenvalue weighted by molar-refractivity contribution is 0.113. The lowest BCUT2D eigenvalue weighted by Crippen LogP contribution is -2.25. The summed E-state index contributed by atoms with van der Waals surface area (Å²) in [5.74, 6) is 1.63. The number of anilines is 1. The smallest absolute Gasteiger partial charge is 0.221 e. The molecule has 0 amide bonds. The monoisotopic (exact) mass is 221 g/mol. The lowest BCUT2D eigenvalue weighted by Gasteiger charge is -2.26. The Morgan fingerprint density at radius 1 is 1.44 bits per heavy atom. The van der Waals surface area contributed by atoms with Crippen LogP contribution in [-0.4, -0.2) is 22.6 Å². The first kappa shape index (κ1) is 11.2. The van der Waals surface area contributed by atoms with Gasteiger partial charge < -0.3 is 10.1 Å². The first-order valence-electron chi connectivity index (χ1n) is 6.03. The Bertz CT molecular complexity index is 350. The van der Waals surface area contributed by atoms with Gasteiger partial charge in [0, 0.05) is 6.54 Å². The van der Waals surface area contributed by atoms with Crippen molar-refractivity contribution in [2.75, 3.05) is 11.9 Å². The van der Waals surface area contributed by atoms with E-state index in [-0.39, 0.29) is 0 Å². The number of nitrogens with zero attached hydrogens (tertiary/aromatic N) is 2. The molecule has 88 valence electrons. The number of aromatic nitrogens is 2. The average Bonchev–Trinajstić information content (AvgIpc) is 2.23. The zero-order valence-electron chi connectivity index (χ0n) is 9.99. The summed E-state index contributed by atoms with van der Waals surface area (Å²) in [5, 5.41) is 3.28. The van der Waals surface area contributed by atoms with Gasteiger partial charge in [-0.2, -0.15) is 0 Å². The van der Waals surface area contributed by atoms with Crippen molar-refractivity contribution in [3.8, 4) is 5.88 Å². The highest BCUT2D eigenvalue weighted by atomic mass is 16.5. The Morgan fingerprint density at radius 2 is 2.25 bits per heavy atom. The molecule has 1 saturated carbocycles. The van der Waals surface area contributed by atoms with Gasteiger partial charge in [-0.15, -0.1) is 0 Å². The fourth-order valence-corrected chi connectivity index (χ4v) is 1.62. The van der Waals surface area contributed by atoms with Crippen molar-refractivity contribution in [1.29, 1.82) is 0 Å². The van der Waals surface area contributed by atoms with Crippen molar-refractivity contribution in [2.45, 2.75) is 45.6 Å². The minimum absolute atomic E-state index is 0.368. The van der Waals surface area contributed by atoms with E-state index in [1.54, 1.807) is 6.33 Å². The molecule has 1 aliphatic carbocycles. The van der Waals surface area contributed by atoms with Crippen molar-refractivity contribution < 1.29 is 4.74 Å². The van der Waals surface area contributed by atoms with E-state index in [1.165, 1.54) is 6.42 Å². The Hall–Kier alpha value is -1.32. The standard InChI is InChI=1S/C12H19N3O/c1-3-7-13-11-9(2)12(15-8-14-11)16-10-5-4-6-10/h8,10H,3-7H2,1-2H3,(H,13,14,15). The highest BCUT2D eigenvalue weighted by Crippen LogP contribution is 2.27. The summed E-state index contributed by atoms with van der Waals surface area (Å²) in [4.78, 5) is 8.42. The zero-order valence-corrected chi connectivity index (χ0v) is 9.99. The maximum Gasteiger partial charge on any atom is 0.221 e. The molecule has 0 spiro atoms. The van der Waals surface area contributed by atoms with Gasteiger partial charge in [0.2, 0.25) is 5.88 Å². The van der Waals surface area contributed by atoms with Gasteiger partial charge in [0.25, 0.3) is 0 Å². The number of hydrogen-bond acceptors (Lipinski definition) is 4. The van der Waals surface area contributed by atoms with E-state index in [0.717, 1.165) is 43.1 Å². The van der Waals surface area contributed by atoms with Gasteiger partial charge in [-0.05, 0) is 32.6 Å². The van der Waals surface area contributed by atoms with Crippen LogP contribution in [0.2, 0.25) is 0 Å². The second-order valence-electron chi connectivity index (χ2n) is 4.25. The van der Waals surface area contributed by atoms with Gasteiger partial charge in [0.05, 0.1) is 5.56 Å². The molecule has 1 aliphatic rings. The first-order chi connectivity index (χ1) is 7.81. The van der Waals surface area contributed by atoms with Crippen LogP contribution in [0.1, 0.15) is 38.2 Å². The minimum Gasteiger partial charge on any atom is -0.474 e. The Morgan fingerprint density at radius 3 is 2.88 bits per heavy atom. The van der Waals surface area contributed by atoms with E-state index in [2.05, 4.69) is 22.2 Å². The summed E-state index contributed by atoms with van der Waals surface area (Å²) in [6.45, 7) is 5.07. The van der Waals surface area contributed by atoms with E-state index in [0.29, 0.717) is 6.10 Å². The molecule has 0 radical (unpaired) electrons. The summed E-state index contributed by atoms with van der Waals surface area (Å²) in [7, 11) is 0. The van der Waals surface area contributed by atoms with Gasteiger partial charge in [-0.25, -0.2) is 9.97 Å². The van der Waals surface area contributed by atoms with Crippen LogP contribution >= 0.6 is 0 Å². The highest BCUT2D eigenvalue weighted by Gasteiger charge is 2.21. The molecule has 1 fully saturated rings. The third-order valence-electron chi connectivity index (χ3n) is 2.91. The van der Waals surface area contributed by atoms with Crippen LogP contribution in [0, 0.1) is 6.92 Å². The van der Waals surface area contributed by atoms with Gasteiger partial charge in [0.15, 0.2) is 0 Å². The molecule has 0 aliphatic heterocycles. The molecular weight excluding hydrogens is 202 g/mol. The molecule has 1 N–H and O–H groups in total. The molecule has 0 bridgehead atoms. The fourth-order valence-electron chi connectivity index (χ4n) is 1.62. The van der Waals surface area contributed by atoms with E-state index in [9.17, 15) is 0 Å². The van der Waals surface area contributed by atoms with Crippen LogP contribution in [0.3, 0.4) is 0 Å². The fraction of sp³-hybridized carbons (Fsp3) is 0.667. The van der Waals surface area contributed by atoms with Crippen molar-refractivity contribution in [3.63, 3.8) is 0 Å². The molecule has 1 aromatic rings. The summed E-state index contributed by atoms with van der Waals surface area (Å²) in [6.07, 6.45) is 6.60. The van der Waals surface area contributed by atoms with Crippen LogP contribution in [0.5, 0.6) is 5.88 Å². The molecular formula is C12H19N3O. The average molecular weight is 221 g/mol. The van der Waals surface area contributed by atoms with Gasteiger partial charge in [-0.1, -0.05) is 6.92 Å². The largest absolute Gasteiger partial charge is 0.474 e. The van der Waals surface area contributed by atoms with Crippen LogP contribution in [-0.2, 0) is 0 Å². The van der Waals surface area contributed by atoms with E-state index in [1.807, 2.05) is 6.92 Å². The van der Waals surface area contributed by atoms with Crippen molar-refractivity contribution in [3.05, 3.63) is 11.9 Å². The van der Waals surface area contributed by atoms with Gasteiger partial charge >= 0.3 is 0 Å². The quantitative estimate of drug-likeness (QED) is 0.830. The normalized spacial score (nSPS) is 15.6. The molecule has 0 saturated heterocycles. The van der Waals surface area contributed by atoms with Crippen LogP contribution < -0.4 is 10.1 Å². The Labute approximate surface area is 96.4 Å². The topological polar surface area (TPSA) is 47.0 Å². The third-order valence-corrected chi connectivity index (χ3v) is 2.91. The molecule has 4 heteroatoms. The predicted octanol–water partition coefficient (Wildman–Crippen LogP) is 2.54. The van der Waals surface area contributed by atoms with Crippen LogP contribution in [0.25, 0.3) is 0 Å². The number of hydrogen-bond donors (Lipinski definition) is 1. The van der Waals surface area contributed by atoms with E-state index >= 15 is 0 Å². The molecule has 16 heavy (non-hydrogen) atoms. The SMILES string of the molecule is CCCNc1ncnc(OC2CCC2)c1C. The van der Waals surface area contributed by atoms with E-state index in [4.69, 9.17) is 4.74 Å². The van der Waals surface area contributed by atoms with E-state index < -0.39 is 0 Å². The summed E-state index contributed by atoms with van der Waals surface area (Å²) in [5.41, 5.74) is 1.02. The Kier molecular flexibility index (Phi) is 3.59. The van der Waals surface area contributed by atoms with Crippen LogP contribution in [0.15, 0.2) is 6.33 Å². The lowest BCUT2D eigenvalue weighted by atomic mass is 9.96. The minimum atomic E-state index is 0.368. The molecule has 1 heterocycles. The second kappa shape index (κ2) is 5.14. The van der Waals surface area contributed by atoms with Crippen molar-refractivity contribution in [1.82, 2.24) is 9.97 Å². The van der Waals surface area contributed by atoms with Crippen LogP contribution in [0.4, 0.5) is 5.82 Å². The van der Waals surface area contributed by atoms with Gasteiger partial charge in [-0.3, -0.25) is 0 Å². The van der Waals surface area contributed by atoms with Crippen molar-refractivity contribution >= 4 is 5.82 Å². The zero-order chi connectivity index (χ0) is 11.4. The summed E-state index contributed by atoms with van der Waals surface area (Å²) >= 11 is 0. The number of nitrogens with one attached hydrogen (secondary N) is 1. The molecule has 1 aromatic heterocycles. The predicted molar refractivity (Wildman–Crippen MR) is 63.8 cm³/mol. The molecule has 0 aromatic carbocycles.